The van der Waals surface area contributed by atoms with Crippen LogP contribution in [0.15, 0.2) is 22.7 Å². The summed E-state index contributed by atoms with van der Waals surface area (Å²) < 4.78 is 0.907. The lowest BCUT2D eigenvalue weighted by Crippen LogP contribution is -2.22. The predicted molar refractivity (Wildman–Crippen MR) is 55.9 cm³/mol. The Morgan fingerprint density at radius 2 is 2.00 bits per heavy atom. The van der Waals surface area contributed by atoms with Crippen LogP contribution >= 0.6 is 15.9 Å². The summed E-state index contributed by atoms with van der Waals surface area (Å²) in [5.74, 6) is 0.222. The van der Waals surface area contributed by atoms with Crippen LogP contribution in [0.4, 0.5) is 0 Å². The summed E-state index contributed by atoms with van der Waals surface area (Å²) in [5.41, 5.74) is 0.576. The van der Waals surface area contributed by atoms with Gasteiger partial charge in [-0.2, -0.15) is 0 Å². The zero-order chi connectivity index (χ0) is 10.1. The van der Waals surface area contributed by atoms with Gasteiger partial charge in [-0.15, -0.1) is 0 Å². The van der Waals surface area contributed by atoms with E-state index in [0.29, 0.717) is 0 Å². The number of hydrogen-bond acceptors (Lipinski definition) is 2. The molecule has 0 saturated heterocycles. The third-order valence-electron chi connectivity index (χ3n) is 2.07. The molecule has 0 saturated carbocycles. The molecule has 13 heavy (non-hydrogen) atoms. The molecule has 0 atom stereocenters. The van der Waals surface area contributed by atoms with Gasteiger partial charge in [0.15, 0.2) is 0 Å². The minimum atomic E-state index is -0.336. The highest BCUT2D eigenvalue weighted by molar-refractivity contribution is 9.10. The Morgan fingerprint density at radius 3 is 2.54 bits per heavy atom. The normalized spacial score (nSPS) is 11.7. The number of hydrogen-bond donors (Lipinski definition) is 2. The highest BCUT2D eigenvalue weighted by Gasteiger charge is 2.22. The smallest absolute Gasteiger partial charge is 0.115 e. The second-order valence-electron chi connectivity index (χ2n) is 3.71. The van der Waals surface area contributed by atoms with Crippen molar-refractivity contribution in [3.05, 3.63) is 28.2 Å². The first-order chi connectivity index (χ1) is 5.97. The van der Waals surface area contributed by atoms with E-state index in [1.165, 1.54) is 0 Å². The largest absolute Gasteiger partial charge is 0.508 e. The van der Waals surface area contributed by atoms with Gasteiger partial charge in [-0.05, 0) is 23.8 Å². The molecule has 72 valence electrons. The van der Waals surface area contributed by atoms with Crippen molar-refractivity contribution in [2.45, 2.75) is 19.3 Å². The second-order valence-corrected chi connectivity index (χ2v) is 4.56. The summed E-state index contributed by atoms with van der Waals surface area (Å²) >= 11 is 3.38. The van der Waals surface area contributed by atoms with E-state index in [4.69, 9.17) is 5.11 Å². The average Bonchev–Trinajstić information content (AvgIpc) is 2.09. The molecule has 0 unspecified atom stereocenters. The van der Waals surface area contributed by atoms with E-state index < -0.39 is 0 Å². The van der Waals surface area contributed by atoms with Gasteiger partial charge in [-0.3, -0.25) is 0 Å². The molecule has 0 aliphatic heterocycles. The maximum Gasteiger partial charge on any atom is 0.115 e. The lowest BCUT2D eigenvalue weighted by atomic mass is 9.85. The van der Waals surface area contributed by atoms with E-state index in [-0.39, 0.29) is 17.8 Å². The second kappa shape index (κ2) is 3.68. The number of aliphatic hydroxyl groups excluding tert-OH is 1. The quantitative estimate of drug-likeness (QED) is 0.840. The van der Waals surface area contributed by atoms with Crippen LogP contribution in [0.1, 0.15) is 19.4 Å². The summed E-state index contributed by atoms with van der Waals surface area (Å²) in [6, 6.07) is 5.06. The van der Waals surface area contributed by atoms with E-state index in [2.05, 4.69) is 15.9 Å². The van der Waals surface area contributed by atoms with E-state index >= 15 is 0 Å². The van der Waals surface area contributed by atoms with Crippen molar-refractivity contribution >= 4 is 15.9 Å². The van der Waals surface area contributed by atoms with Gasteiger partial charge in [0.1, 0.15) is 5.75 Å². The summed E-state index contributed by atoms with van der Waals surface area (Å²) in [4.78, 5) is 0. The molecule has 1 aromatic carbocycles. The molecule has 0 aromatic heterocycles. The maximum absolute atomic E-state index is 9.29. The first kappa shape index (κ1) is 10.5. The zero-order valence-electron chi connectivity index (χ0n) is 7.71. The topological polar surface area (TPSA) is 40.5 Å². The third-order valence-corrected chi connectivity index (χ3v) is 2.77. The first-order valence-electron chi connectivity index (χ1n) is 4.07. The molecule has 3 heteroatoms. The Labute approximate surface area is 86.3 Å². The average molecular weight is 245 g/mol. The zero-order valence-corrected chi connectivity index (χ0v) is 9.30. The first-order valence-corrected chi connectivity index (χ1v) is 4.86. The summed E-state index contributed by atoms with van der Waals surface area (Å²) in [6.45, 7) is 3.90. The molecule has 2 nitrogen and oxygen atoms in total. The molecule has 1 rings (SSSR count). The molecular weight excluding hydrogens is 232 g/mol. The van der Waals surface area contributed by atoms with Crippen LogP contribution in [0.2, 0.25) is 0 Å². The summed E-state index contributed by atoms with van der Waals surface area (Å²) in [7, 11) is 0. The van der Waals surface area contributed by atoms with Crippen molar-refractivity contribution in [2.24, 2.45) is 0 Å². The van der Waals surface area contributed by atoms with Crippen molar-refractivity contribution in [3.8, 4) is 5.75 Å². The van der Waals surface area contributed by atoms with Gasteiger partial charge in [-0.25, -0.2) is 0 Å². The van der Waals surface area contributed by atoms with Crippen LogP contribution in [-0.2, 0) is 5.41 Å². The number of aromatic hydroxyl groups is 1. The van der Waals surface area contributed by atoms with Gasteiger partial charge >= 0.3 is 0 Å². The molecular formula is C10H13BrO2. The fourth-order valence-corrected chi connectivity index (χ4v) is 1.90. The standard InChI is InChI=1S/C10H13BrO2/c1-10(2,6-12)8-5-7(13)3-4-9(8)11/h3-5,12-13H,6H2,1-2H3. The third kappa shape index (κ3) is 2.23. The van der Waals surface area contributed by atoms with Gasteiger partial charge in [-0.1, -0.05) is 29.8 Å². The number of benzene rings is 1. The predicted octanol–water partition coefficient (Wildman–Crippen LogP) is 2.42. The van der Waals surface area contributed by atoms with Crippen molar-refractivity contribution in [1.82, 2.24) is 0 Å². The number of rotatable bonds is 2. The molecule has 0 fully saturated rings. The van der Waals surface area contributed by atoms with Crippen LogP contribution in [-0.4, -0.2) is 16.8 Å². The summed E-state index contributed by atoms with van der Waals surface area (Å²) in [5, 5.41) is 18.5. The SMILES string of the molecule is CC(C)(CO)c1cc(O)ccc1Br. The van der Waals surface area contributed by atoms with Crippen molar-refractivity contribution in [2.75, 3.05) is 6.61 Å². The van der Waals surface area contributed by atoms with Crippen LogP contribution in [0.3, 0.4) is 0 Å². The van der Waals surface area contributed by atoms with Crippen LogP contribution in [0.25, 0.3) is 0 Å². The lowest BCUT2D eigenvalue weighted by Gasteiger charge is -2.23. The Hall–Kier alpha value is -0.540. The van der Waals surface area contributed by atoms with E-state index in [9.17, 15) is 5.11 Å². The number of phenolic OH excluding ortho intramolecular Hbond substituents is 1. The Morgan fingerprint density at radius 1 is 1.38 bits per heavy atom. The fraction of sp³-hybridized carbons (Fsp3) is 0.400. The van der Waals surface area contributed by atoms with Crippen LogP contribution in [0.5, 0.6) is 5.75 Å². The van der Waals surface area contributed by atoms with Gasteiger partial charge < -0.3 is 10.2 Å². The van der Waals surface area contributed by atoms with Gasteiger partial charge in [0.2, 0.25) is 0 Å². The molecule has 0 bridgehead atoms. The monoisotopic (exact) mass is 244 g/mol. The Balaban J connectivity index is 3.20. The van der Waals surface area contributed by atoms with Crippen molar-refractivity contribution < 1.29 is 10.2 Å². The molecule has 0 heterocycles. The fourth-order valence-electron chi connectivity index (χ4n) is 1.12. The Bertz CT molecular complexity index is 308. The highest BCUT2D eigenvalue weighted by atomic mass is 79.9. The molecule has 0 spiro atoms. The molecule has 0 aliphatic carbocycles. The van der Waals surface area contributed by atoms with E-state index in [1.54, 1.807) is 18.2 Å². The van der Waals surface area contributed by atoms with Gasteiger partial charge in [0.05, 0.1) is 6.61 Å². The molecule has 0 radical (unpaired) electrons. The molecule has 0 amide bonds. The van der Waals surface area contributed by atoms with Crippen molar-refractivity contribution in [1.29, 1.82) is 0 Å². The van der Waals surface area contributed by atoms with E-state index in [1.807, 2.05) is 13.8 Å². The van der Waals surface area contributed by atoms with Gasteiger partial charge in [0.25, 0.3) is 0 Å². The number of aliphatic hydroxyl groups is 1. The van der Waals surface area contributed by atoms with Crippen LogP contribution in [0, 0.1) is 0 Å². The minimum absolute atomic E-state index is 0.0506. The number of halogens is 1. The Kier molecular flexibility index (Phi) is 2.98. The highest BCUT2D eigenvalue weighted by Crippen LogP contribution is 2.32. The van der Waals surface area contributed by atoms with Gasteiger partial charge in [0, 0.05) is 9.89 Å². The minimum Gasteiger partial charge on any atom is -0.508 e. The summed E-state index contributed by atoms with van der Waals surface area (Å²) in [6.07, 6.45) is 0. The maximum atomic E-state index is 9.29. The van der Waals surface area contributed by atoms with Crippen molar-refractivity contribution in [3.63, 3.8) is 0 Å². The van der Waals surface area contributed by atoms with E-state index in [0.717, 1.165) is 10.0 Å². The molecule has 0 aliphatic rings. The molecule has 1 aromatic rings. The lowest BCUT2D eigenvalue weighted by molar-refractivity contribution is 0.217. The van der Waals surface area contributed by atoms with Crippen LogP contribution < -0.4 is 0 Å². The number of phenols is 1. The molecule has 2 N–H and O–H groups in total.